The highest BCUT2D eigenvalue weighted by molar-refractivity contribution is 7.99. The van der Waals surface area contributed by atoms with Crippen LogP contribution in [0.4, 0.5) is 0 Å². The Morgan fingerprint density at radius 2 is 1.71 bits per heavy atom. The third-order valence-electron chi connectivity index (χ3n) is 3.25. The number of amides is 1. The molecule has 0 radical (unpaired) electrons. The van der Waals surface area contributed by atoms with Crippen LogP contribution in [0.25, 0.3) is 4.91 Å². The average Bonchev–Trinajstić information content (AvgIpc) is 2.60. The Bertz CT molecular complexity index is 683. The Balaban J connectivity index is 2.41. The first-order valence-electron chi connectivity index (χ1n) is 6.78. The first-order valence-corrected chi connectivity index (χ1v) is 8.22. The lowest BCUT2D eigenvalue weighted by Gasteiger charge is -2.30. The Hall–Kier alpha value is -1.66. The van der Waals surface area contributed by atoms with Gasteiger partial charge in [-0.2, -0.15) is 0 Å². The summed E-state index contributed by atoms with van der Waals surface area (Å²) < 4.78 is 26.1. The Labute approximate surface area is 125 Å². The van der Waals surface area contributed by atoms with Gasteiger partial charge in [0.05, 0.1) is 5.54 Å². The van der Waals surface area contributed by atoms with E-state index < -0.39 is 21.5 Å². The molecule has 0 saturated heterocycles. The molecule has 2 N–H and O–H groups in total. The van der Waals surface area contributed by atoms with Gasteiger partial charge in [-0.15, -0.1) is 0 Å². The van der Waals surface area contributed by atoms with E-state index in [9.17, 15) is 13.2 Å². The van der Waals surface area contributed by atoms with E-state index in [2.05, 4.69) is 0 Å². The zero-order valence-electron chi connectivity index (χ0n) is 12.5. The summed E-state index contributed by atoms with van der Waals surface area (Å²) in [5, 5.41) is 0. The topological polar surface area (TPSA) is 80.5 Å². The summed E-state index contributed by atoms with van der Waals surface area (Å²) in [5.74, 6) is -0.497. The van der Waals surface area contributed by atoms with Crippen molar-refractivity contribution in [2.24, 2.45) is 5.73 Å². The van der Waals surface area contributed by atoms with Crippen molar-refractivity contribution in [2.45, 2.75) is 32.7 Å². The second-order valence-corrected chi connectivity index (χ2v) is 7.78. The van der Waals surface area contributed by atoms with E-state index in [1.165, 1.54) is 6.08 Å². The van der Waals surface area contributed by atoms with Crippen LogP contribution in [-0.4, -0.2) is 30.7 Å². The van der Waals surface area contributed by atoms with Crippen molar-refractivity contribution in [3.63, 3.8) is 0 Å². The van der Waals surface area contributed by atoms with Crippen molar-refractivity contribution in [2.75, 3.05) is 6.54 Å². The molecule has 0 fully saturated rings. The first-order chi connectivity index (χ1) is 9.67. The minimum Gasteiger partial charge on any atom is -0.330 e. The third-order valence-corrected chi connectivity index (χ3v) is 5.37. The number of carbonyl (C=O) groups excluding carboxylic acids is 1. The van der Waals surface area contributed by atoms with Crippen LogP contribution in [-0.2, 0) is 21.2 Å². The predicted molar refractivity (Wildman–Crippen MR) is 82.7 cm³/mol. The van der Waals surface area contributed by atoms with Gasteiger partial charge in [0.2, 0.25) is 0 Å². The summed E-state index contributed by atoms with van der Waals surface area (Å²) in [6.45, 7) is 5.63. The van der Waals surface area contributed by atoms with Crippen LogP contribution < -0.4 is 5.73 Å². The lowest BCUT2D eigenvalue weighted by molar-refractivity contribution is -0.123. The van der Waals surface area contributed by atoms with Crippen LogP contribution >= 0.6 is 0 Å². The van der Waals surface area contributed by atoms with Crippen molar-refractivity contribution >= 4 is 20.8 Å². The fraction of sp³-hybridized carbons (Fsp3) is 0.400. The maximum absolute atomic E-state index is 12.6. The maximum Gasteiger partial charge on any atom is 0.268 e. The summed E-state index contributed by atoms with van der Waals surface area (Å²) in [6.07, 6.45) is 1.93. The lowest BCUT2D eigenvalue weighted by Crippen LogP contribution is -2.45. The molecule has 1 aliphatic rings. The molecule has 1 aromatic rings. The SMILES string of the molecule is CC(C)(C)N1C(=O)C=C(c2ccc(CCN)cc2)S1(=O)=O. The van der Waals surface area contributed by atoms with Gasteiger partial charge in [0.15, 0.2) is 0 Å². The van der Waals surface area contributed by atoms with Gasteiger partial charge >= 0.3 is 0 Å². The largest absolute Gasteiger partial charge is 0.330 e. The number of nitrogens with two attached hydrogens (primary N) is 1. The zero-order valence-corrected chi connectivity index (χ0v) is 13.3. The molecule has 0 unspecified atom stereocenters. The molecule has 0 spiro atoms. The lowest BCUT2D eigenvalue weighted by atomic mass is 10.1. The molecule has 1 aromatic carbocycles. The van der Waals surface area contributed by atoms with E-state index >= 15 is 0 Å². The molecule has 1 amide bonds. The molecule has 6 heteroatoms. The van der Waals surface area contributed by atoms with Gasteiger partial charge in [-0.3, -0.25) is 4.79 Å². The summed E-state index contributed by atoms with van der Waals surface area (Å²) >= 11 is 0. The van der Waals surface area contributed by atoms with Gasteiger partial charge in [-0.1, -0.05) is 24.3 Å². The molecule has 0 saturated carbocycles. The van der Waals surface area contributed by atoms with Crippen LogP contribution in [0.15, 0.2) is 30.3 Å². The Kier molecular flexibility index (Phi) is 3.95. The fourth-order valence-corrected chi connectivity index (χ4v) is 4.28. The summed E-state index contributed by atoms with van der Waals surface area (Å²) in [6, 6.07) is 7.10. The first kappa shape index (κ1) is 15.7. The van der Waals surface area contributed by atoms with Gasteiger partial charge in [0, 0.05) is 6.08 Å². The molecule has 0 aliphatic carbocycles. The molecule has 5 nitrogen and oxygen atoms in total. The molecule has 0 bridgehead atoms. The van der Waals surface area contributed by atoms with Crippen molar-refractivity contribution in [1.82, 2.24) is 4.31 Å². The normalized spacial score (nSPS) is 18.0. The van der Waals surface area contributed by atoms with Crippen LogP contribution in [0.5, 0.6) is 0 Å². The second-order valence-electron chi connectivity index (χ2n) is 6.02. The van der Waals surface area contributed by atoms with Gasteiger partial charge in [0.1, 0.15) is 4.91 Å². The Morgan fingerprint density at radius 1 is 1.14 bits per heavy atom. The molecule has 21 heavy (non-hydrogen) atoms. The number of hydrogen-bond acceptors (Lipinski definition) is 4. The van der Waals surface area contributed by atoms with E-state index in [1.807, 2.05) is 12.1 Å². The van der Waals surface area contributed by atoms with Crippen molar-refractivity contribution in [3.8, 4) is 0 Å². The highest BCUT2D eigenvalue weighted by Crippen LogP contribution is 2.35. The monoisotopic (exact) mass is 308 g/mol. The number of hydrogen-bond donors (Lipinski definition) is 1. The maximum atomic E-state index is 12.6. The number of benzene rings is 1. The van der Waals surface area contributed by atoms with Gasteiger partial charge in [-0.05, 0) is 44.9 Å². The van der Waals surface area contributed by atoms with Crippen LogP contribution in [0.3, 0.4) is 0 Å². The van der Waals surface area contributed by atoms with Gasteiger partial charge in [0.25, 0.3) is 15.9 Å². The molecule has 2 rings (SSSR count). The minimum absolute atomic E-state index is 0.0572. The highest BCUT2D eigenvalue weighted by atomic mass is 32.2. The fourth-order valence-electron chi connectivity index (χ4n) is 2.39. The number of rotatable bonds is 3. The van der Waals surface area contributed by atoms with Crippen LogP contribution in [0.2, 0.25) is 0 Å². The quantitative estimate of drug-likeness (QED) is 0.917. The number of nitrogens with zero attached hydrogens (tertiary/aromatic N) is 1. The van der Waals surface area contributed by atoms with Crippen LogP contribution in [0.1, 0.15) is 31.9 Å². The van der Waals surface area contributed by atoms with E-state index in [-0.39, 0.29) is 4.91 Å². The van der Waals surface area contributed by atoms with E-state index in [4.69, 9.17) is 5.73 Å². The third kappa shape index (κ3) is 2.87. The molecule has 1 heterocycles. The molecule has 114 valence electrons. The Morgan fingerprint density at radius 3 is 2.14 bits per heavy atom. The predicted octanol–water partition coefficient (Wildman–Crippen LogP) is 1.50. The van der Waals surface area contributed by atoms with Gasteiger partial charge < -0.3 is 5.73 Å². The van der Waals surface area contributed by atoms with Gasteiger partial charge in [-0.25, -0.2) is 12.7 Å². The molecule has 1 aliphatic heterocycles. The molecular weight excluding hydrogens is 288 g/mol. The van der Waals surface area contributed by atoms with Crippen molar-refractivity contribution < 1.29 is 13.2 Å². The minimum atomic E-state index is -3.79. The molecule has 0 atom stereocenters. The number of sulfonamides is 1. The standard InChI is InChI=1S/C15H20N2O3S/c1-15(2,3)17-14(18)10-13(21(17,19)20)12-6-4-11(5-7-12)8-9-16/h4-7,10H,8-9,16H2,1-3H3. The summed E-state index contributed by atoms with van der Waals surface area (Å²) in [5.41, 5.74) is 6.27. The van der Waals surface area contributed by atoms with E-state index in [0.29, 0.717) is 12.1 Å². The zero-order chi connectivity index (χ0) is 15.8. The molecular formula is C15H20N2O3S. The summed E-state index contributed by atoms with van der Waals surface area (Å²) in [4.78, 5) is 12.1. The average molecular weight is 308 g/mol. The molecule has 0 aromatic heterocycles. The van der Waals surface area contributed by atoms with Crippen LogP contribution in [0, 0.1) is 0 Å². The highest BCUT2D eigenvalue weighted by Gasteiger charge is 2.44. The van der Waals surface area contributed by atoms with Crippen molar-refractivity contribution in [3.05, 3.63) is 41.5 Å². The second kappa shape index (κ2) is 5.27. The smallest absolute Gasteiger partial charge is 0.268 e. The van der Waals surface area contributed by atoms with Crippen molar-refractivity contribution in [1.29, 1.82) is 0 Å². The summed E-state index contributed by atoms with van der Waals surface area (Å²) in [7, 11) is -3.79. The van der Waals surface area contributed by atoms with E-state index in [1.54, 1.807) is 32.9 Å². The number of carbonyl (C=O) groups is 1. The van der Waals surface area contributed by atoms with E-state index in [0.717, 1.165) is 16.3 Å².